The van der Waals surface area contributed by atoms with Crippen LogP contribution in [0.15, 0.2) is 24.3 Å². The second-order valence-corrected chi connectivity index (χ2v) is 3.42. The summed E-state index contributed by atoms with van der Waals surface area (Å²) in [7, 11) is 0. The minimum absolute atomic E-state index is 0.288. The first kappa shape index (κ1) is 13.7. The fourth-order valence-corrected chi connectivity index (χ4v) is 1.25. The fourth-order valence-electron chi connectivity index (χ4n) is 1.25. The SMILES string of the molecule is CCOC(=O)c1ccc(NC(=O)CC(=O)O)cc1. The molecule has 2 N–H and O–H groups in total. The third-order valence-electron chi connectivity index (χ3n) is 1.99. The number of anilines is 1. The Labute approximate surface area is 104 Å². The van der Waals surface area contributed by atoms with E-state index in [0.717, 1.165) is 0 Å². The van der Waals surface area contributed by atoms with E-state index in [2.05, 4.69) is 5.32 Å². The van der Waals surface area contributed by atoms with Gasteiger partial charge in [0.2, 0.25) is 5.91 Å². The van der Waals surface area contributed by atoms with Gasteiger partial charge in [-0.25, -0.2) is 4.79 Å². The number of aliphatic carboxylic acids is 1. The van der Waals surface area contributed by atoms with Crippen LogP contribution in [0.3, 0.4) is 0 Å². The number of hydrogen-bond acceptors (Lipinski definition) is 4. The Bertz CT molecular complexity index is 452. The van der Waals surface area contributed by atoms with Crippen LogP contribution >= 0.6 is 0 Å². The molecular weight excluding hydrogens is 238 g/mol. The lowest BCUT2D eigenvalue weighted by Gasteiger charge is -2.05. The van der Waals surface area contributed by atoms with Gasteiger partial charge in [0.1, 0.15) is 6.42 Å². The predicted molar refractivity (Wildman–Crippen MR) is 63.3 cm³/mol. The molecule has 0 aliphatic heterocycles. The van der Waals surface area contributed by atoms with Gasteiger partial charge in [-0.3, -0.25) is 9.59 Å². The van der Waals surface area contributed by atoms with Crippen LogP contribution < -0.4 is 5.32 Å². The maximum absolute atomic E-state index is 11.3. The van der Waals surface area contributed by atoms with Crippen LogP contribution in [0.2, 0.25) is 0 Å². The third-order valence-corrected chi connectivity index (χ3v) is 1.99. The van der Waals surface area contributed by atoms with E-state index in [0.29, 0.717) is 11.3 Å². The van der Waals surface area contributed by atoms with Crippen LogP contribution in [0, 0.1) is 0 Å². The van der Waals surface area contributed by atoms with Crippen molar-refractivity contribution in [2.75, 3.05) is 11.9 Å². The minimum atomic E-state index is -1.20. The van der Waals surface area contributed by atoms with Crippen molar-refractivity contribution in [3.8, 4) is 0 Å². The zero-order valence-electron chi connectivity index (χ0n) is 9.80. The number of carboxylic acids is 1. The molecule has 0 atom stereocenters. The summed E-state index contributed by atoms with van der Waals surface area (Å²) in [5, 5.41) is 10.8. The van der Waals surface area contributed by atoms with Crippen LogP contribution in [-0.4, -0.2) is 29.6 Å². The van der Waals surface area contributed by atoms with E-state index in [1.54, 1.807) is 6.92 Å². The molecule has 0 aliphatic carbocycles. The molecule has 1 aromatic rings. The molecule has 1 rings (SSSR count). The first-order valence-corrected chi connectivity index (χ1v) is 5.31. The molecule has 0 radical (unpaired) electrons. The monoisotopic (exact) mass is 251 g/mol. The fraction of sp³-hybridized carbons (Fsp3) is 0.250. The first-order chi connectivity index (χ1) is 8.52. The molecule has 0 bridgehead atoms. The second-order valence-electron chi connectivity index (χ2n) is 3.42. The topological polar surface area (TPSA) is 92.7 Å². The van der Waals surface area contributed by atoms with Gasteiger partial charge in [0, 0.05) is 5.69 Å². The molecule has 0 spiro atoms. The molecule has 0 fully saturated rings. The van der Waals surface area contributed by atoms with Gasteiger partial charge in [0.05, 0.1) is 12.2 Å². The van der Waals surface area contributed by atoms with E-state index >= 15 is 0 Å². The Morgan fingerprint density at radius 1 is 1.22 bits per heavy atom. The summed E-state index contributed by atoms with van der Waals surface area (Å²) in [6.45, 7) is 1.99. The number of esters is 1. The van der Waals surface area contributed by atoms with Crippen molar-refractivity contribution in [3.63, 3.8) is 0 Å². The van der Waals surface area contributed by atoms with Crippen LogP contribution in [0.25, 0.3) is 0 Å². The molecular formula is C12H13NO5. The van der Waals surface area contributed by atoms with Gasteiger partial charge in [0.15, 0.2) is 0 Å². The molecule has 0 unspecified atom stereocenters. The average Bonchev–Trinajstić information content (AvgIpc) is 2.29. The number of carbonyl (C=O) groups is 3. The molecule has 6 nitrogen and oxygen atoms in total. The summed E-state index contributed by atoms with van der Waals surface area (Å²) in [4.78, 5) is 32.8. The summed E-state index contributed by atoms with van der Waals surface area (Å²) in [6.07, 6.45) is -0.598. The summed E-state index contributed by atoms with van der Waals surface area (Å²) in [5.74, 6) is -2.26. The van der Waals surface area contributed by atoms with E-state index in [-0.39, 0.29) is 6.61 Å². The van der Waals surface area contributed by atoms with Crippen molar-refractivity contribution in [1.82, 2.24) is 0 Å². The van der Waals surface area contributed by atoms with Gasteiger partial charge < -0.3 is 15.2 Å². The highest BCUT2D eigenvalue weighted by Gasteiger charge is 2.09. The average molecular weight is 251 g/mol. The smallest absolute Gasteiger partial charge is 0.338 e. The quantitative estimate of drug-likeness (QED) is 0.607. The zero-order valence-corrected chi connectivity index (χ0v) is 9.80. The highest BCUT2D eigenvalue weighted by molar-refractivity contribution is 6.01. The Morgan fingerprint density at radius 3 is 2.33 bits per heavy atom. The van der Waals surface area contributed by atoms with E-state index in [9.17, 15) is 14.4 Å². The molecule has 0 saturated carbocycles. The van der Waals surface area contributed by atoms with Crippen LogP contribution in [0.4, 0.5) is 5.69 Å². The molecule has 0 aliphatic rings. The van der Waals surface area contributed by atoms with Gasteiger partial charge in [-0.05, 0) is 31.2 Å². The van der Waals surface area contributed by atoms with Gasteiger partial charge in [0.25, 0.3) is 0 Å². The van der Waals surface area contributed by atoms with E-state index in [1.165, 1.54) is 24.3 Å². The predicted octanol–water partition coefficient (Wildman–Crippen LogP) is 1.28. The first-order valence-electron chi connectivity index (χ1n) is 5.31. The van der Waals surface area contributed by atoms with Gasteiger partial charge >= 0.3 is 11.9 Å². The number of benzene rings is 1. The molecule has 0 heterocycles. The van der Waals surface area contributed by atoms with Gasteiger partial charge in [-0.15, -0.1) is 0 Å². The zero-order chi connectivity index (χ0) is 13.5. The standard InChI is InChI=1S/C12H13NO5/c1-2-18-12(17)8-3-5-9(6-4-8)13-10(14)7-11(15)16/h3-6H,2,7H2,1H3,(H,13,14)(H,15,16). The maximum Gasteiger partial charge on any atom is 0.338 e. The molecule has 0 saturated heterocycles. The van der Waals surface area contributed by atoms with Crippen LogP contribution in [-0.2, 0) is 14.3 Å². The number of ether oxygens (including phenoxy) is 1. The second kappa shape index (κ2) is 6.39. The third kappa shape index (κ3) is 4.25. The van der Waals surface area contributed by atoms with Crippen molar-refractivity contribution in [1.29, 1.82) is 0 Å². The minimum Gasteiger partial charge on any atom is -0.481 e. The molecule has 0 aromatic heterocycles. The Hall–Kier alpha value is -2.37. The van der Waals surface area contributed by atoms with Crippen LogP contribution in [0.5, 0.6) is 0 Å². The maximum atomic E-state index is 11.3. The number of amides is 1. The Morgan fingerprint density at radius 2 is 1.83 bits per heavy atom. The van der Waals surface area contributed by atoms with E-state index in [1.807, 2.05) is 0 Å². The summed E-state index contributed by atoms with van der Waals surface area (Å²) < 4.78 is 4.80. The number of carboxylic acid groups (broad SMARTS) is 1. The van der Waals surface area contributed by atoms with E-state index < -0.39 is 24.3 Å². The summed E-state index contributed by atoms with van der Waals surface area (Å²) in [5.41, 5.74) is 0.794. The molecule has 1 aromatic carbocycles. The summed E-state index contributed by atoms with van der Waals surface area (Å²) >= 11 is 0. The highest BCUT2D eigenvalue weighted by atomic mass is 16.5. The number of rotatable bonds is 5. The lowest BCUT2D eigenvalue weighted by atomic mass is 10.2. The van der Waals surface area contributed by atoms with Crippen LogP contribution in [0.1, 0.15) is 23.7 Å². The number of hydrogen-bond donors (Lipinski definition) is 2. The van der Waals surface area contributed by atoms with Crippen molar-refractivity contribution >= 4 is 23.5 Å². The highest BCUT2D eigenvalue weighted by Crippen LogP contribution is 2.10. The van der Waals surface area contributed by atoms with Crippen molar-refractivity contribution in [3.05, 3.63) is 29.8 Å². The Balaban J connectivity index is 2.63. The lowest BCUT2D eigenvalue weighted by Crippen LogP contribution is -2.16. The number of carbonyl (C=O) groups excluding carboxylic acids is 2. The Kier molecular flexibility index (Phi) is 4.86. The van der Waals surface area contributed by atoms with E-state index in [4.69, 9.17) is 9.84 Å². The lowest BCUT2D eigenvalue weighted by molar-refractivity contribution is -0.139. The largest absolute Gasteiger partial charge is 0.481 e. The molecule has 6 heteroatoms. The van der Waals surface area contributed by atoms with Gasteiger partial charge in [-0.1, -0.05) is 0 Å². The normalized spacial score (nSPS) is 9.61. The van der Waals surface area contributed by atoms with Crippen molar-refractivity contribution in [2.24, 2.45) is 0 Å². The molecule has 1 amide bonds. The van der Waals surface area contributed by atoms with Gasteiger partial charge in [-0.2, -0.15) is 0 Å². The summed E-state index contributed by atoms with van der Waals surface area (Å²) in [6, 6.07) is 6.00. The van der Waals surface area contributed by atoms with Crippen molar-refractivity contribution in [2.45, 2.75) is 13.3 Å². The molecule has 96 valence electrons. The number of nitrogens with one attached hydrogen (secondary N) is 1. The van der Waals surface area contributed by atoms with Crippen molar-refractivity contribution < 1.29 is 24.2 Å². The molecule has 18 heavy (non-hydrogen) atoms.